The van der Waals surface area contributed by atoms with Crippen LogP contribution in [0.3, 0.4) is 0 Å². The molecular weight excluding hydrogens is 216 g/mol. The van der Waals surface area contributed by atoms with Gasteiger partial charge in [-0.2, -0.15) is 0 Å². The summed E-state index contributed by atoms with van der Waals surface area (Å²) in [5, 5.41) is 0. The molecule has 0 fully saturated rings. The minimum absolute atomic E-state index is 0.0753. The van der Waals surface area contributed by atoms with Gasteiger partial charge < -0.3 is 15.6 Å². The highest BCUT2D eigenvalue weighted by molar-refractivity contribution is 5.94. The van der Waals surface area contributed by atoms with Gasteiger partial charge in [0.25, 0.3) is 5.91 Å². The number of nitrogen functional groups attached to an aromatic ring is 1. The summed E-state index contributed by atoms with van der Waals surface area (Å²) in [5.41, 5.74) is 6.81. The highest BCUT2D eigenvalue weighted by Gasteiger charge is 2.12. The van der Waals surface area contributed by atoms with Gasteiger partial charge >= 0.3 is 0 Å². The minimum Gasteiger partial charge on any atom is -0.399 e. The lowest BCUT2D eigenvalue weighted by Crippen LogP contribution is -2.26. The fraction of sp³-hybridized carbons (Fsp3) is 0.167. The maximum Gasteiger partial charge on any atom is 0.254 e. The molecule has 0 saturated carbocycles. The molecule has 88 valence electrons. The number of benzene rings is 1. The molecule has 3 N–H and O–H groups in total. The van der Waals surface area contributed by atoms with Crippen molar-refractivity contribution < 1.29 is 4.79 Å². The predicted octanol–water partition coefficient (Wildman–Crippen LogP) is 1.26. The van der Waals surface area contributed by atoms with Gasteiger partial charge in [0.1, 0.15) is 5.82 Å². The second kappa shape index (κ2) is 4.69. The van der Waals surface area contributed by atoms with Crippen LogP contribution in [0.4, 0.5) is 5.69 Å². The van der Waals surface area contributed by atoms with Crippen LogP contribution in [0.1, 0.15) is 16.2 Å². The summed E-state index contributed by atoms with van der Waals surface area (Å²) < 4.78 is 0. The Morgan fingerprint density at radius 1 is 1.53 bits per heavy atom. The number of rotatable bonds is 3. The van der Waals surface area contributed by atoms with Gasteiger partial charge in [-0.25, -0.2) is 4.98 Å². The molecule has 1 heterocycles. The Balaban J connectivity index is 2.09. The normalized spacial score (nSPS) is 10.2. The van der Waals surface area contributed by atoms with Crippen LogP contribution < -0.4 is 5.73 Å². The minimum atomic E-state index is -0.0753. The summed E-state index contributed by atoms with van der Waals surface area (Å²) >= 11 is 0. The van der Waals surface area contributed by atoms with Crippen LogP contribution in [0.5, 0.6) is 0 Å². The molecule has 1 aromatic carbocycles. The second-order valence-corrected chi connectivity index (χ2v) is 3.82. The zero-order chi connectivity index (χ0) is 12.3. The maximum absolute atomic E-state index is 12.1. The van der Waals surface area contributed by atoms with E-state index >= 15 is 0 Å². The van der Waals surface area contributed by atoms with Crippen molar-refractivity contribution in [1.29, 1.82) is 0 Å². The fourth-order valence-electron chi connectivity index (χ4n) is 1.57. The Morgan fingerprint density at radius 2 is 2.35 bits per heavy atom. The van der Waals surface area contributed by atoms with Crippen molar-refractivity contribution >= 4 is 11.6 Å². The highest BCUT2D eigenvalue weighted by atomic mass is 16.2. The topological polar surface area (TPSA) is 75.0 Å². The summed E-state index contributed by atoms with van der Waals surface area (Å²) in [6.07, 6.45) is 3.39. The Hall–Kier alpha value is -2.30. The maximum atomic E-state index is 12.1. The number of hydrogen-bond donors (Lipinski definition) is 2. The summed E-state index contributed by atoms with van der Waals surface area (Å²) in [5.74, 6) is 0.679. The monoisotopic (exact) mass is 230 g/mol. The lowest BCUT2D eigenvalue weighted by atomic mass is 10.2. The van der Waals surface area contributed by atoms with Crippen LogP contribution in [0, 0.1) is 0 Å². The van der Waals surface area contributed by atoms with Gasteiger partial charge in [-0.3, -0.25) is 4.79 Å². The molecule has 0 radical (unpaired) electrons. The Bertz CT molecular complexity index is 507. The van der Waals surface area contributed by atoms with Crippen LogP contribution in [-0.4, -0.2) is 27.8 Å². The van der Waals surface area contributed by atoms with Crippen LogP contribution in [-0.2, 0) is 6.54 Å². The SMILES string of the molecule is CN(Cc1ncc[nH]1)C(=O)c1cccc(N)c1. The quantitative estimate of drug-likeness (QED) is 0.779. The van der Waals surface area contributed by atoms with E-state index in [1.165, 1.54) is 0 Å². The number of carbonyl (C=O) groups excluding carboxylic acids is 1. The highest BCUT2D eigenvalue weighted by Crippen LogP contribution is 2.10. The largest absolute Gasteiger partial charge is 0.399 e. The van der Waals surface area contributed by atoms with Crippen molar-refractivity contribution in [2.45, 2.75) is 6.54 Å². The third-order valence-electron chi connectivity index (χ3n) is 2.42. The van der Waals surface area contributed by atoms with E-state index in [1.807, 2.05) is 0 Å². The van der Waals surface area contributed by atoms with Gasteiger partial charge in [0.2, 0.25) is 0 Å². The van der Waals surface area contributed by atoms with E-state index in [0.29, 0.717) is 17.8 Å². The van der Waals surface area contributed by atoms with Crippen LogP contribution in [0.2, 0.25) is 0 Å². The summed E-state index contributed by atoms with van der Waals surface area (Å²) in [6, 6.07) is 6.94. The number of carbonyl (C=O) groups is 1. The average Bonchev–Trinajstić information content (AvgIpc) is 2.80. The molecule has 0 aliphatic rings. The average molecular weight is 230 g/mol. The molecule has 0 spiro atoms. The summed E-state index contributed by atoms with van der Waals surface area (Å²) in [4.78, 5) is 20.7. The molecule has 0 unspecified atom stereocenters. The van der Waals surface area contributed by atoms with Crippen LogP contribution in [0.25, 0.3) is 0 Å². The first-order valence-corrected chi connectivity index (χ1v) is 5.26. The Kier molecular flexibility index (Phi) is 3.09. The molecule has 0 aliphatic carbocycles. The summed E-state index contributed by atoms with van der Waals surface area (Å²) in [7, 11) is 1.73. The fourth-order valence-corrected chi connectivity index (χ4v) is 1.57. The number of H-pyrrole nitrogens is 1. The molecule has 1 amide bonds. The number of nitrogens with two attached hydrogens (primary N) is 1. The molecule has 5 nitrogen and oxygen atoms in total. The molecule has 2 aromatic rings. The van der Waals surface area contributed by atoms with Gasteiger partial charge in [-0.05, 0) is 18.2 Å². The van der Waals surface area contributed by atoms with E-state index in [-0.39, 0.29) is 5.91 Å². The van der Waals surface area contributed by atoms with Gasteiger partial charge in [0.05, 0.1) is 6.54 Å². The molecule has 0 aliphatic heterocycles. The van der Waals surface area contributed by atoms with Crippen LogP contribution in [0.15, 0.2) is 36.7 Å². The molecule has 17 heavy (non-hydrogen) atoms. The van der Waals surface area contributed by atoms with E-state index in [0.717, 1.165) is 5.82 Å². The standard InChI is InChI=1S/C12H14N4O/c1-16(8-11-14-5-6-15-11)12(17)9-3-2-4-10(13)7-9/h2-7H,8,13H2,1H3,(H,14,15). The molecule has 1 aromatic heterocycles. The predicted molar refractivity (Wildman–Crippen MR) is 65.2 cm³/mol. The van der Waals surface area contributed by atoms with Gasteiger partial charge in [-0.15, -0.1) is 0 Å². The molecule has 2 rings (SSSR count). The number of anilines is 1. The molecule has 0 bridgehead atoms. The second-order valence-electron chi connectivity index (χ2n) is 3.82. The lowest BCUT2D eigenvalue weighted by Gasteiger charge is -2.15. The Labute approximate surface area is 99.3 Å². The molecule has 5 heteroatoms. The van der Waals surface area contributed by atoms with Crippen LogP contribution >= 0.6 is 0 Å². The molecule has 0 atom stereocenters. The zero-order valence-corrected chi connectivity index (χ0v) is 9.55. The smallest absolute Gasteiger partial charge is 0.254 e. The van der Waals surface area contributed by atoms with Crippen molar-refractivity contribution in [1.82, 2.24) is 14.9 Å². The number of imidazole rings is 1. The van der Waals surface area contributed by atoms with E-state index in [2.05, 4.69) is 9.97 Å². The molecular formula is C12H14N4O. The van der Waals surface area contributed by atoms with Crippen molar-refractivity contribution in [3.05, 3.63) is 48.0 Å². The van der Waals surface area contributed by atoms with E-state index < -0.39 is 0 Å². The third kappa shape index (κ3) is 2.63. The number of amides is 1. The third-order valence-corrected chi connectivity index (χ3v) is 2.42. The van der Waals surface area contributed by atoms with Crippen molar-refractivity contribution in [2.75, 3.05) is 12.8 Å². The first kappa shape index (κ1) is 11.2. The lowest BCUT2D eigenvalue weighted by molar-refractivity contribution is 0.0782. The zero-order valence-electron chi connectivity index (χ0n) is 9.55. The number of nitrogens with one attached hydrogen (secondary N) is 1. The first-order chi connectivity index (χ1) is 8.16. The van der Waals surface area contributed by atoms with E-state index in [9.17, 15) is 4.79 Å². The van der Waals surface area contributed by atoms with E-state index in [1.54, 1.807) is 48.6 Å². The van der Waals surface area contributed by atoms with Gasteiger partial charge in [0, 0.05) is 30.7 Å². The number of hydrogen-bond acceptors (Lipinski definition) is 3. The molecule has 0 saturated heterocycles. The van der Waals surface area contributed by atoms with Crippen molar-refractivity contribution in [2.24, 2.45) is 0 Å². The van der Waals surface area contributed by atoms with Gasteiger partial charge in [-0.1, -0.05) is 6.07 Å². The Morgan fingerprint density at radius 3 is 3.00 bits per heavy atom. The van der Waals surface area contributed by atoms with Crippen molar-refractivity contribution in [3.8, 4) is 0 Å². The first-order valence-electron chi connectivity index (χ1n) is 5.26. The number of aromatic nitrogens is 2. The van der Waals surface area contributed by atoms with Gasteiger partial charge in [0.15, 0.2) is 0 Å². The van der Waals surface area contributed by atoms with Crippen molar-refractivity contribution in [3.63, 3.8) is 0 Å². The summed E-state index contributed by atoms with van der Waals surface area (Å²) in [6.45, 7) is 0.445. The number of aromatic amines is 1. The van der Waals surface area contributed by atoms with E-state index in [4.69, 9.17) is 5.73 Å². The number of nitrogens with zero attached hydrogens (tertiary/aromatic N) is 2.